The highest BCUT2D eigenvalue weighted by molar-refractivity contribution is 5.15. The van der Waals surface area contributed by atoms with Gasteiger partial charge >= 0.3 is 47.6 Å². The van der Waals surface area contributed by atoms with Crippen molar-refractivity contribution >= 4 is 0 Å². The van der Waals surface area contributed by atoms with Crippen LogP contribution in [0.5, 0.6) is 0 Å². The van der Waals surface area contributed by atoms with E-state index in [1.165, 1.54) is 0 Å². The van der Waals surface area contributed by atoms with Crippen molar-refractivity contribution in [3.05, 3.63) is 0 Å². The lowest BCUT2D eigenvalue weighted by Gasteiger charge is -2.47. The second kappa shape index (κ2) is 15.9. The highest BCUT2D eigenvalue weighted by Gasteiger charge is 2.93. The number of hydrogen-bond donors (Lipinski definition) is 0. The molecule has 0 aliphatic heterocycles. The predicted octanol–water partition coefficient (Wildman–Crippen LogP) is 10.9. The Kier molecular flexibility index (Phi) is 15.5. The first-order valence-corrected chi connectivity index (χ1v) is 14.2. The first-order valence-electron chi connectivity index (χ1n) is 14.2. The number of unbranched alkanes of at least 4 members (excludes halogenated alkanes) is 5. The third kappa shape index (κ3) is 8.83. The topological polar surface area (TPSA) is 27.7 Å². The summed E-state index contributed by atoms with van der Waals surface area (Å²) >= 11 is 0. The Bertz CT molecular complexity index is 890. The Morgan fingerprint density at radius 1 is 0.435 bits per heavy atom. The Morgan fingerprint density at radius 3 is 1.20 bits per heavy atom. The summed E-state index contributed by atoms with van der Waals surface area (Å²) in [5, 5.41) is 0. The van der Waals surface area contributed by atoms with Crippen molar-refractivity contribution in [2.45, 2.75) is 139 Å². The predicted molar refractivity (Wildman–Crippen MR) is 129 cm³/mol. The quantitative estimate of drug-likeness (QED) is 0.0598. The van der Waals surface area contributed by atoms with E-state index in [0.717, 1.165) is 20.8 Å². The van der Waals surface area contributed by atoms with Gasteiger partial charge in [0.25, 0.3) is 5.97 Å². The molecule has 0 rings (SSSR count). The summed E-state index contributed by atoms with van der Waals surface area (Å²) in [7, 11) is 0. The highest BCUT2D eigenvalue weighted by Crippen LogP contribution is 2.64. The summed E-state index contributed by atoms with van der Waals surface area (Å²) in [6.45, 7) is 2.73. The van der Waals surface area contributed by atoms with Crippen molar-refractivity contribution in [2.24, 2.45) is 5.92 Å². The van der Waals surface area contributed by atoms with Crippen LogP contribution in [0, 0.1) is 5.92 Å². The SMILES string of the molecule is CCCCCCCCC(C(OCC)(OCC)OCC)C(F)(F)C(F)(F)C(F)(F)C(F)(F)C(F)(F)C(F)(F)C(F)(F)CCC(F)(F)F. The zero-order valence-corrected chi connectivity index (χ0v) is 25.2. The number of rotatable bonds is 23. The number of halogens is 17. The number of alkyl halides is 17. The molecule has 0 radical (unpaired) electrons. The third-order valence-corrected chi connectivity index (χ3v) is 6.93. The first-order chi connectivity index (χ1) is 20.6. The van der Waals surface area contributed by atoms with Crippen LogP contribution < -0.4 is 0 Å². The summed E-state index contributed by atoms with van der Waals surface area (Å²) in [6.07, 6.45) is -12.1. The molecule has 0 amide bonds. The minimum atomic E-state index is -8.44. The molecule has 0 aromatic rings. The van der Waals surface area contributed by atoms with Gasteiger partial charge in [0, 0.05) is 32.7 Å². The maximum atomic E-state index is 15.6. The largest absolute Gasteiger partial charge is 0.389 e. The minimum absolute atomic E-state index is 0.0531. The van der Waals surface area contributed by atoms with E-state index < -0.39 is 105 Å². The van der Waals surface area contributed by atoms with Gasteiger partial charge in [-0.25, -0.2) is 0 Å². The van der Waals surface area contributed by atoms with Gasteiger partial charge in [0.05, 0.1) is 0 Å². The van der Waals surface area contributed by atoms with E-state index in [1.807, 2.05) is 0 Å². The molecule has 20 heteroatoms. The standard InChI is InChI=1S/C26H37F17O3/c1-5-9-10-11-12-13-14-17(21(44-6-2,45-7-3)46-8-4)20(32,33)23(36,37)25(40,41)26(42,43)24(38,39)22(34,35)18(27,28)15-16-19(29,30)31/h17H,5-16H2,1-4H3. The van der Waals surface area contributed by atoms with Crippen LogP contribution in [-0.2, 0) is 14.2 Å². The van der Waals surface area contributed by atoms with Gasteiger partial charge in [-0.15, -0.1) is 0 Å². The van der Waals surface area contributed by atoms with Crippen LogP contribution in [0.25, 0.3) is 0 Å². The molecule has 1 atom stereocenters. The van der Waals surface area contributed by atoms with Crippen molar-refractivity contribution in [1.82, 2.24) is 0 Å². The van der Waals surface area contributed by atoms with Gasteiger partial charge in [-0.2, -0.15) is 74.6 Å². The zero-order valence-electron chi connectivity index (χ0n) is 25.2. The molecule has 0 N–H and O–H groups in total. The van der Waals surface area contributed by atoms with Gasteiger partial charge in [0.2, 0.25) is 0 Å². The summed E-state index contributed by atoms with van der Waals surface area (Å²) in [6, 6.07) is 0. The number of ether oxygens (including phenoxy) is 3. The van der Waals surface area contributed by atoms with E-state index in [0.29, 0.717) is 19.3 Å². The fourth-order valence-electron chi connectivity index (χ4n) is 4.44. The maximum absolute atomic E-state index is 15.6. The van der Waals surface area contributed by atoms with Crippen molar-refractivity contribution < 1.29 is 88.8 Å². The number of hydrogen-bond acceptors (Lipinski definition) is 3. The molecular formula is C26H37F17O3. The van der Waals surface area contributed by atoms with E-state index in [4.69, 9.17) is 14.2 Å². The van der Waals surface area contributed by atoms with Crippen molar-refractivity contribution in [1.29, 1.82) is 0 Å². The molecule has 0 bridgehead atoms. The van der Waals surface area contributed by atoms with Crippen LogP contribution in [0.15, 0.2) is 0 Å². The van der Waals surface area contributed by atoms with Crippen LogP contribution in [0.1, 0.15) is 85.5 Å². The maximum Gasteiger partial charge on any atom is 0.389 e. The fraction of sp³-hybridized carbons (Fsp3) is 1.00. The molecule has 0 fully saturated rings. The average Bonchev–Trinajstić information content (AvgIpc) is 2.90. The van der Waals surface area contributed by atoms with Crippen LogP contribution in [0.4, 0.5) is 74.6 Å². The normalized spacial score (nSPS) is 15.8. The Hall–Kier alpha value is -1.31. The minimum Gasteiger partial charge on any atom is -0.327 e. The Labute approximate surface area is 254 Å². The molecular weight excluding hydrogens is 683 g/mol. The third-order valence-electron chi connectivity index (χ3n) is 6.93. The van der Waals surface area contributed by atoms with E-state index >= 15 is 17.6 Å². The van der Waals surface area contributed by atoms with Crippen LogP contribution in [0.2, 0.25) is 0 Å². The van der Waals surface area contributed by atoms with Gasteiger partial charge in [-0.3, -0.25) is 0 Å². The van der Waals surface area contributed by atoms with Crippen molar-refractivity contribution in [3.63, 3.8) is 0 Å². The molecule has 0 saturated carbocycles. The van der Waals surface area contributed by atoms with E-state index in [-0.39, 0.29) is 12.8 Å². The smallest absolute Gasteiger partial charge is 0.327 e. The first kappa shape index (κ1) is 44.7. The molecule has 3 nitrogen and oxygen atoms in total. The van der Waals surface area contributed by atoms with Gasteiger partial charge in [0.15, 0.2) is 0 Å². The van der Waals surface area contributed by atoms with E-state index in [2.05, 4.69) is 0 Å². The van der Waals surface area contributed by atoms with E-state index in [9.17, 15) is 57.1 Å². The molecule has 0 heterocycles. The molecule has 1 unspecified atom stereocenters. The zero-order chi connectivity index (χ0) is 36.7. The lowest BCUT2D eigenvalue weighted by Crippen LogP contribution is -2.74. The Morgan fingerprint density at radius 2 is 0.804 bits per heavy atom. The fourth-order valence-corrected chi connectivity index (χ4v) is 4.44. The van der Waals surface area contributed by atoms with Crippen LogP contribution >= 0.6 is 0 Å². The molecule has 0 saturated heterocycles. The van der Waals surface area contributed by atoms with Gasteiger partial charge in [-0.05, 0) is 27.2 Å². The summed E-state index contributed by atoms with van der Waals surface area (Å²) < 4.78 is 256. The molecule has 46 heavy (non-hydrogen) atoms. The second-order valence-electron chi connectivity index (χ2n) is 10.3. The second-order valence-corrected chi connectivity index (χ2v) is 10.3. The van der Waals surface area contributed by atoms with Gasteiger partial charge in [0.1, 0.15) is 5.92 Å². The summed E-state index contributed by atoms with van der Waals surface area (Å²) in [5.41, 5.74) is 0. The van der Waals surface area contributed by atoms with Crippen molar-refractivity contribution in [3.8, 4) is 0 Å². The molecule has 0 aliphatic rings. The molecule has 0 aromatic heterocycles. The summed E-state index contributed by atoms with van der Waals surface area (Å²) in [4.78, 5) is 0. The van der Waals surface area contributed by atoms with Crippen LogP contribution in [0.3, 0.4) is 0 Å². The van der Waals surface area contributed by atoms with E-state index in [1.54, 1.807) is 6.92 Å². The Balaban J connectivity index is 7.12. The lowest BCUT2D eigenvalue weighted by molar-refractivity contribution is -0.470. The van der Waals surface area contributed by atoms with Crippen LogP contribution in [-0.4, -0.2) is 73.4 Å². The summed E-state index contributed by atoms with van der Waals surface area (Å²) in [5.74, 6) is -61.2. The molecule has 0 aromatic carbocycles. The van der Waals surface area contributed by atoms with Gasteiger partial charge < -0.3 is 14.2 Å². The lowest BCUT2D eigenvalue weighted by atomic mass is 9.81. The molecule has 0 spiro atoms. The van der Waals surface area contributed by atoms with Crippen molar-refractivity contribution in [2.75, 3.05) is 19.8 Å². The monoisotopic (exact) mass is 720 g/mol. The van der Waals surface area contributed by atoms with Gasteiger partial charge in [-0.1, -0.05) is 45.4 Å². The molecule has 278 valence electrons. The molecule has 0 aliphatic carbocycles. The average molecular weight is 721 g/mol. The highest BCUT2D eigenvalue weighted by atomic mass is 19.4.